The third-order valence-electron chi connectivity index (χ3n) is 6.31. The Kier molecular flexibility index (Phi) is 6.62. The van der Waals surface area contributed by atoms with Gasteiger partial charge in [-0.25, -0.2) is 9.97 Å². The highest BCUT2D eigenvalue weighted by molar-refractivity contribution is 5.76. The van der Waals surface area contributed by atoms with Crippen molar-refractivity contribution >= 4 is 11.7 Å². The van der Waals surface area contributed by atoms with Gasteiger partial charge in [-0.05, 0) is 38.2 Å². The molecule has 6 nitrogen and oxygen atoms in total. The van der Waals surface area contributed by atoms with Crippen molar-refractivity contribution in [1.29, 1.82) is 0 Å². The Morgan fingerprint density at radius 1 is 1.13 bits per heavy atom. The van der Waals surface area contributed by atoms with Crippen molar-refractivity contribution in [3.8, 4) is 0 Å². The minimum absolute atomic E-state index is 0.187. The van der Waals surface area contributed by atoms with Crippen LogP contribution in [-0.4, -0.2) is 54.1 Å². The van der Waals surface area contributed by atoms with E-state index in [0.29, 0.717) is 18.9 Å². The number of rotatable bonds is 6. The van der Waals surface area contributed by atoms with Crippen molar-refractivity contribution in [3.63, 3.8) is 0 Å². The average molecular weight is 409 g/mol. The zero-order valence-electron chi connectivity index (χ0n) is 18.1. The third-order valence-corrected chi connectivity index (χ3v) is 6.31. The molecule has 1 saturated heterocycles. The molecule has 0 N–H and O–H groups in total. The SMILES string of the molecule is COCCC(=O)N1CCC(c2nc(C)c3c(n2)N(Cc2ccccc2)CCC3)CC1. The van der Waals surface area contributed by atoms with E-state index in [1.54, 1.807) is 7.11 Å². The molecule has 2 aromatic rings. The van der Waals surface area contributed by atoms with Crippen molar-refractivity contribution < 1.29 is 9.53 Å². The fourth-order valence-corrected chi connectivity index (χ4v) is 4.58. The summed E-state index contributed by atoms with van der Waals surface area (Å²) in [6, 6.07) is 10.6. The van der Waals surface area contributed by atoms with Gasteiger partial charge < -0.3 is 14.5 Å². The molecule has 0 spiro atoms. The highest BCUT2D eigenvalue weighted by Crippen LogP contribution is 2.33. The Balaban J connectivity index is 1.49. The number of hydrogen-bond donors (Lipinski definition) is 0. The molecule has 1 aromatic carbocycles. The Bertz CT molecular complexity index is 863. The number of piperidine rings is 1. The summed E-state index contributed by atoms with van der Waals surface area (Å²) in [7, 11) is 1.64. The number of aromatic nitrogens is 2. The van der Waals surface area contributed by atoms with E-state index in [9.17, 15) is 4.79 Å². The van der Waals surface area contributed by atoms with Crippen LogP contribution in [0.2, 0.25) is 0 Å². The van der Waals surface area contributed by atoms with Gasteiger partial charge in [-0.2, -0.15) is 0 Å². The summed E-state index contributed by atoms with van der Waals surface area (Å²) in [5, 5.41) is 0. The topological polar surface area (TPSA) is 58.6 Å². The number of nitrogens with zero attached hydrogens (tertiary/aromatic N) is 4. The van der Waals surface area contributed by atoms with Crippen LogP contribution in [0.4, 0.5) is 5.82 Å². The lowest BCUT2D eigenvalue weighted by atomic mass is 9.94. The lowest BCUT2D eigenvalue weighted by molar-refractivity contribution is -0.133. The summed E-state index contributed by atoms with van der Waals surface area (Å²) in [5.74, 6) is 2.58. The van der Waals surface area contributed by atoms with Crippen molar-refractivity contribution in [1.82, 2.24) is 14.9 Å². The van der Waals surface area contributed by atoms with Crippen LogP contribution in [0.25, 0.3) is 0 Å². The Labute approximate surface area is 179 Å². The van der Waals surface area contributed by atoms with Crippen LogP contribution in [0, 0.1) is 6.92 Å². The number of likely N-dealkylation sites (tertiary alicyclic amines) is 1. The summed E-state index contributed by atoms with van der Waals surface area (Å²) in [6.45, 7) is 6.09. The molecule has 1 amide bonds. The van der Waals surface area contributed by atoms with Gasteiger partial charge in [-0.1, -0.05) is 30.3 Å². The van der Waals surface area contributed by atoms with Crippen molar-refractivity contribution in [2.24, 2.45) is 0 Å². The van der Waals surface area contributed by atoms with Gasteiger partial charge in [0.05, 0.1) is 13.0 Å². The Morgan fingerprint density at radius 3 is 2.63 bits per heavy atom. The zero-order valence-corrected chi connectivity index (χ0v) is 18.1. The standard InChI is InChI=1S/C24H32N4O2/c1-18-21-9-6-13-28(17-19-7-4-3-5-8-19)24(21)26-23(25-18)20-10-14-27(15-11-20)22(29)12-16-30-2/h3-5,7-8,20H,6,9-17H2,1-2H3. The predicted molar refractivity (Wildman–Crippen MR) is 118 cm³/mol. The second-order valence-corrected chi connectivity index (χ2v) is 8.38. The van der Waals surface area contributed by atoms with E-state index in [1.165, 1.54) is 11.1 Å². The van der Waals surface area contributed by atoms with Crippen LogP contribution in [-0.2, 0) is 22.5 Å². The first-order valence-electron chi connectivity index (χ1n) is 11.1. The predicted octanol–water partition coefficient (Wildman–Crippen LogP) is 3.48. The second kappa shape index (κ2) is 9.56. The lowest BCUT2D eigenvalue weighted by Gasteiger charge is -2.34. The van der Waals surface area contributed by atoms with E-state index in [1.807, 2.05) is 4.90 Å². The molecule has 4 rings (SSSR count). The fourth-order valence-electron chi connectivity index (χ4n) is 4.58. The van der Waals surface area contributed by atoms with Gasteiger partial charge in [0.2, 0.25) is 5.91 Å². The summed E-state index contributed by atoms with van der Waals surface area (Å²) in [5.41, 5.74) is 3.73. The minimum atomic E-state index is 0.187. The number of amides is 1. The lowest BCUT2D eigenvalue weighted by Crippen LogP contribution is -2.39. The molecule has 0 atom stereocenters. The molecule has 30 heavy (non-hydrogen) atoms. The molecule has 160 valence electrons. The number of fused-ring (bicyclic) bond motifs is 1. The number of methoxy groups -OCH3 is 1. The molecule has 6 heteroatoms. The van der Waals surface area contributed by atoms with E-state index in [-0.39, 0.29) is 5.91 Å². The molecule has 0 bridgehead atoms. The largest absolute Gasteiger partial charge is 0.384 e. The molecule has 0 aliphatic carbocycles. The van der Waals surface area contributed by atoms with Gasteiger partial charge in [0.1, 0.15) is 11.6 Å². The molecular formula is C24H32N4O2. The minimum Gasteiger partial charge on any atom is -0.384 e. The molecule has 0 saturated carbocycles. The maximum atomic E-state index is 12.3. The third kappa shape index (κ3) is 4.64. The van der Waals surface area contributed by atoms with E-state index < -0.39 is 0 Å². The average Bonchev–Trinajstić information content (AvgIpc) is 2.78. The van der Waals surface area contributed by atoms with E-state index in [4.69, 9.17) is 14.7 Å². The monoisotopic (exact) mass is 408 g/mol. The summed E-state index contributed by atoms with van der Waals surface area (Å²) < 4.78 is 5.04. The van der Waals surface area contributed by atoms with E-state index in [0.717, 1.165) is 69.2 Å². The van der Waals surface area contributed by atoms with Crippen molar-refractivity contribution in [3.05, 3.63) is 53.0 Å². The molecule has 3 heterocycles. The van der Waals surface area contributed by atoms with Crippen LogP contribution in [0.5, 0.6) is 0 Å². The van der Waals surface area contributed by atoms with Crippen molar-refractivity contribution in [2.45, 2.75) is 51.5 Å². The van der Waals surface area contributed by atoms with Gasteiger partial charge >= 0.3 is 0 Å². The molecule has 1 fully saturated rings. The highest BCUT2D eigenvalue weighted by Gasteiger charge is 2.28. The number of benzene rings is 1. The van der Waals surface area contributed by atoms with E-state index in [2.05, 4.69) is 42.2 Å². The van der Waals surface area contributed by atoms with Crippen LogP contribution < -0.4 is 4.90 Å². The van der Waals surface area contributed by atoms with Crippen LogP contribution in [0.3, 0.4) is 0 Å². The Morgan fingerprint density at radius 2 is 1.90 bits per heavy atom. The fraction of sp³-hybridized carbons (Fsp3) is 0.542. The van der Waals surface area contributed by atoms with Gasteiger partial charge in [-0.3, -0.25) is 4.79 Å². The first-order valence-corrected chi connectivity index (χ1v) is 11.1. The smallest absolute Gasteiger partial charge is 0.224 e. The molecule has 1 aromatic heterocycles. The normalized spacial score (nSPS) is 17.1. The molecule has 2 aliphatic rings. The van der Waals surface area contributed by atoms with E-state index >= 15 is 0 Å². The highest BCUT2D eigenvalue weighted by atomic mass is 16.5. The van der Waals surface area contributed by atoms with Gasteiger partial charge in [0, 0.05) is 50.5 Å². The van der Waals surface area contributed by atoms with Gasteiger partial charge in [0.25, 0.3) is 0 Å². The number of anilines is 1. The van der Waals surface area contributed by atoms with Crippen LogP contribution in [0.1, 0.15) is 54.2 Å². The Hall–Kier alpha value is -2.47. The first-order chi connectivity index (χ1) is 14.7. The van der Waals surface area contributed by atoms with Gasteiger partial charge in [-0.15, -0.1) is 0 Å². The number of carbonyl (C=O) groups excluding carboxylic acids is 1. The molecule has 0 unspecified atom stereocenters. The summed E-state index contributed by atoms with van der Waals surface area (Å²) >= 11 is 0. The zero-order chi connectivity index (χ0) is 20.9. The second-order valence-electron chi connectivity index (χ2n) is 8.38. The number of carbonyl (C=O) groups is 1. The number of ether oxygens (including phenoxy) is 1. The number of hydrogen-bond acceptors (Lipinski definition) is 5. The molecule has 0 radical (unpaired) electrons. The van der Waals surface area contributed by atoms with Crippen LogP contribution in [0.15, 0.2) is 30.3 Å². The maximum Gasteiger partial charge on any atom is 0.224 e. The quantitative estimate of drug-likeness (QED) is 0.732. The molecular weight excluding hydrogens is 376 g/mol. The van der Waals surface area contributed by atoms with Crippen molar-refractivity contribution in [2.75, 3.05) is 38.3 Å². The first kappa shape index (κ1) is 20.8. The number of aryl methyl sites for hydroxylation is 1. The van der Waals surface area contributed by atoms with Crippen LogP contribution >= 0.6 is 0 Å². The maximum absolute atomic E-state index is 12.3. The van der Waals surface area contributed by atoms with Gasteiger partial charge in [0.15, 0.2) is 0 Å². The summed E-state index contributed by atoms with van der Waals surface area (Å²) in [4.78, 5) is 26.6. The molecule has 2 aliphatic heterocycles. The summed E-state index contributed by atoms with van der Waals surface area (Å²) in [6.07, 6.45) is 4.51.